The van der Waals surface area contributed by atoms with E-state index < -0.39 is 0 Å². The van der Waals surface area contributed by atoms with Crippen molar-refractivity contribution in [2.45, 2.75) is 33.1 Å². The van der Waals surface area contributed by atoms with E-state index in [1.165, 1.54) is 11.1 Å². The molecule has 2 aromatic heterocycles. The molecule has 0 aliphatic rings. The van der Waals surface area contributed by atoms with Gasteiger partial charge in [-0.1, -0.05) is 11.2 Å². The van der Waals surface area contributed by atoms with Crippen molar-refractivity contribution < 1.29 is 4.52 Å². The van der Waals surface area contributed by atoms with Gasteiger partial charge in [-0.3, -0.25) is 4.98 Å². The van der Waals surface area contributed by atoms with E-state index in [0.29, 0.717) is 0 Å². The average Bonchev–Trinajstić information content (AvgIpc) is 2.62. The quantitative estimate of drug-likeness (QED) is 0.788. The van der Waals surface area contributed by atoms with Gasteiger partial charge < -0.3 is 4.52 Å². The Hall–Kier alpha value is -1.64. The fraction of sp³-hybridized carbons (Fsp3) is 0.385. The molecule has 0 saturated carbocycles. The van der Waals surface area contributed by atoms with E-state index in [1.807, 2.05) is 26.1 Å². The van der Waals surface area contributed by atoms with E-state index in [2.05, 4.69) is 16.2 Å². The minimum Gasteiger partial charge on any atom is -0.361 e. The molecule has 0 fully saturated rings. The Kier molecular flexibility index (Phi) is 3.34. The third-order valence-electron chi connectivity index (χ3n) is 2.80. The number of hydrogen-bond acceptors (Lipinski definition) is 3. The van der Waals surface area contributed by atoms with Crippen LogP contribution in [0.4, 0.5) is 0 Å². The van der Waals surface area contributed by atoms with Crippen LogP contribution in [0.2, 0.25) is 0 Å². The van der Waals surface area contributed by atoms with Gasteiger partial charge in [0.05, 0.1) is 5.69 Å². The van der Waals surface area contributed by atoms with Crippen molar-refractivity contribution in [3.8, 4) is 0 Å². The highest BCUT2D eigenvalue weighted by atomic mass is 16.5. The summed E-state index contributed by atoms with van der Waals surface area (Å²) >= 11 is 0. The Morgan fingerprint density at radius 2 is 2.12 bits per heavy atom. The summed E-state index contributed by atoms with van der Waals surface area (Å²) in [6.07, 6.45) is 6.91. The first kappa shape index (κ1) is 10.9. The highest BCUT2D eigenvalue weighted by Crippen LogP contribution is 2.15. The van der Waals surface area contributed by atoms with Gasteiger partial charge in [0.2, 0.25) is 0 Å². The lowest BCUT2D eigenvalue weighted by Gasteiger charge is -2.00. The summed E-state index contributed by atoms with van der Waals surface area (Å²) in [6.45, 7) is 3.97. The Morgan fingerprint density at radius 3 is 2.75 bits per heavy atom. The molecule has 0 aliphatic carbocycles. The molecular weight excluding hydrogens is 200 g/mol. The summed E-state index contributed by atoms with van der Waals surface area (Å²) in [4.78, 5) is 4.10. The summed E-state index contributed by atoms with van der Waals surface area (Å²) < 4.78 is 5.14. The van der Waals surface area contributed by atoms with Gasteiger partial charge in [-0.25, -0.2) is 0 Å². The Labute approximate surface area is 95.5 Å². The predicted molar refractivity (Wildman–Crippen MR) is 62.2 cm³/mol. The van der Waals surface area contributed by atoms with Crippen LogP contribution in [0.15, 0.2) is 29.0 Å². The van der Waals surface area contributed by atoms with Crippen LogP contribution in [-0.2, 0) is 12.8 Å². The fourth-order valence-electron chi connectivity index (χ4n) is 1.87. The number of pyridine rings is 1. The second-order valence-corrected chi connectivity index (χ2v) is 4.02. The van der Waals surface area contributed by atoms with E-state index in [9.17, 15) is 0 Å². The average molecular weight is 216 g/mol. The molecule has 0 aromatic carbocycles. The maximum atomic E-state index is 5.14. The molecule has 0 amide bonds. The number of hydrogen-bond donors (Lipinski definition) is 0. The molecule has 2 aromatic rings. The maximum Gasteiger partial charge on any atom is 0.137 e. The van der Waals surface area contributed by atoms with Crippen LogP contribution < -0.4 is 0 Å². The summed E-state index contributed by atoms with van der Waals surface area (Å²) in [5.74, 6) is 0.948. The van der Waals surface area contributed by atoms with E-state index in [0.717, 1.165) is 30.7 Å². The second-order valence-electron chi connectivity index (χ2n) is 4.02. The summed E-state index contributed by atoms with van der Waals surface area (Å²) in [7, 11) is 0. The predicted octanol–water partition coefficient (Wildman–Crippen LogP) is 2.86. The Bertz CT molecular complexity index is 429. The maximum absolute atomic E-state index is 5.14. The first-order chi connectivity index (χ1) is 7.77. The smallest absolute Gasteiger partial charge is 0.137 e. The summed E-state index contributed by atoms with van der Waals surface area (Å²) in [5, 5.41) is 3.95. The number of rotatable bonds is 4. The van der Waals surface area contributed by atoms with Crippen LogP contribution in [0.1, 0.15) is 29.0 Å². The van der Waals surface area contributed by atoms with Crippen LogP contribution in [0.25, 0.3) is 0 Å². The van der Waals surface area contributed by atoms with Gasteiger partial charge in [-0.2, -0.15) is 0 Å². The monoisotopic (exact) mass is 216 g/mol. The SMILES string of the molecule is Cc1noc(C)c1CCCc1cccnc1. The highest BCUT2D eigenvalue weighted by molar-refractivity contribution is 5.21. The summed E-state index contributed by atoms with van der Waals surface area (Å²) in [5.41, 5.74) is 3.56. The first-order valence-corrected chi connectivity index (χ1v) is 5.58. The molecule has 3 nitrogen and oxygen atoms in total. The van der Waals surface area contributed by atoms with E-state index >= 15 is 0 Å². The molecule has 2 heterocycles. The Morgan fingerprint density at radius 1 is 1.25 bits per heavy atom. The lowest BCUT2D eigenvalue weighted by Crippen LogP contribution is -1.92. The van der Waals surface area contributed by atoms with Crippen molar-refractivity contribution in [3.05, 3.63) is 47.1 Å². The van der Waals surface area contributed by atoms with Gasteiger partial charge in [0, 0.05) is 18.0 Å². The van der Waals surface area contributed by atoms with Gasteiger partial charge in [0.25, 0.3) is 0 Å². The molecule has 0 saturated heterocycles. The second kappa shape index (κ2) is 4.92. The zero-order valence-corrected chi connectivity index (χ0v) is 9.73. The van der Waals surface area contributed by atoms with Gasteiger partial charge in [-0.15, -0.1) is 0 Å². The van der Waals surface area contributed by atoms with E-state index in [1.54, 1.807) is 6.20 Å². The van der Waals surface area contributed by atoms with Gasteiger partial charge in [0.15, 0.2) is 0 Å². The third kappa shape index (κ3) is 2.48. The first-order valence-electron chi connectivity index (χ1n) is 5.58. The van der Waals surface area contributed by atoms with Crippen molar-refractivity contribution >= 4 is 0 Å². The molecule has 0 bridgehead atoms. The van der Waals surface area contributed by atoms with Crippen molar-refractivity contribution in [1.82, 2.24) is 10.1 Å². The number of aromatic nitrogens is 2. The number of aryl methyl sites for hydroxylation is 3. The normalized spacial score (nSPS) is 10.6. The summed E-state index contributed by atoms with van der Waals surface area (Å²) in [6, 6.07) is 4.09. The zero-order valence-electron chi connectivity index (χ0n) is 9.73. The van der Waals surface area contributed by atoms with Crippen LogP contribution >= 0.6 is 0 Å². The molecule has 2 rings (SSSR count). The van der Waals surface area contributed by atoms with Gasteiger partial charge in [-0.05, 0) is 44.7 Å². The van der Waals surface area contributed by atoms with Crippen molar-refractivity contribution in [3.63, 3.8) is 0 Å². The van der Waals surface area contributed by atoms with Crippen LogP contribution in [0.3, 0.4) is 0 Å². The van der Waals surface area contributed by atoms with Crippen molar-refractivity contribution in [2.24, 2.45) is 0 Å². The molecular formula is C13H16N2O. The van der Waals surface area contributed by atoms with E-state index in [4.69, 9.17) is 4.52 Å². The molecule has 0 spiro atoms. The molecule has 0 radical (unpaired) electrons. The van der Waals surface area contributed by atoms with Crippen LogP contribution in [0.5, 0.6) is 0 Å². The minimum atomic E-state index is 0.948. The highest BCUT2D eigenvalue weighted by Gasteiger charge is 2.07. The van der Waals surface area contributed by atoms with Crippen LogP contribution in [0, 0.1) is 13.8 Å². The largest absolute Gasteiger partial charge is 0.361 e. The zero-order chi connectivity index (χ0) is 11.4. The molecule has 3 heteroatoms. The van der Waals surface area contributed by atoms with Gasteiger partial charge in [0.1, 0.15) is 5.76 Å². The number of nitrogens with zero attached hydrogens (tertiary/aromatic N) is 2. The molecule has 16 heavy (non-hydrogen) atoms. The van der Waals surface area contributed by atoms with Gasteiger partial charge >= 0.3 is 0 Å². The standard InChI is InChI=1S/C13H16N2O/c1-10-13(11(2)16-15-10)7-3-5-12-6-4-8-14-9-12/h4,6,8-9H,3,5,7H2,1-2H3. The molecule has 0 unspecified atom stereocenters. The van der Waals surface area contributed by atoms with Crippen molar-refractivity contribution in [1.29, 1.82) is 0 Å². The molecule has 0 atom stereocenters. The Balaban J connectivity index is 1.89. The van der Waals surface area contributed by atoms with Crippen molar-refractivity contribution in [2.75, 3.05) is 0 Å². The fourth-order valence-corrected chi connectivity index (χ4v) is 1.87. The lowest BCUT2D eigenvalue weighted by molar-refractivity contribution is 0.392. The third-order valence-corrected chi connectivity index (χ3v) is 2.80. The molecule has 84 valence electrons. The lowest BCUT2D eigenvalue weighted by atomic mass is 10.0. The van der Waals surface area contributed by atoms with E-state index in [-0.39, 0.29) is 0 Å². The topological polar surface area (TPSA) is 38.9 Å². The molecule has 0 aliphatic heterocycles. The minimum absolute atomic E-state index is 0.948. The molecule has 0 N–H and O–H groups in total. The van der Waals surface area contributed by atoms with Crippen LogP contribution in [-0.4, -0.2) is 10.1 Å².